The van der Waals surface area contributed by atoms with E-state index in [1.165, 1.54) is 15.0 Å². The van der Waals surface area contributed by atoms with E-state index in [1.54, 1.807) is 0 Å². The fourth-order valence-electron chi connectivity index (χ4n) is 2.13. The normalized spacial score (nSPS) is 12.9. The van der Waals surface area contributed by atoms with Crippen molar-refractivity contribution >= 4 is 21.4 Å². The first-order valence-corrected chi connectivity index (χ1v) is 7.24. The summed E-state index contributed by atoms with van der Waals surface area (Å²) in [6.07, 6.45) is 1.97. The fraction of sp³-hybridized carbons (Fsp3) is 0.267. The van der Waals surface area contributed by atoms with E-state index in [0.717, 1.165) is 12.2 Å². The Labute approximate surface area is 116 Å². The van der Waals surface area contributed by atoms with E-state index in [0.29, 0.717) is 6.04 Å². The zero-order chi connectivity index (χ0) is 13.2. The first-order valence-electron chi connectivity index (χ1n) is 6.43. The number of hydrogen-bond donors (Lipinski definition) is 1. The molecule has 19 heavy (non-hydrogen) atoms. The second kappa shape index (κ2) is 5.15. The maximum absolute atomic E-state index is 4.38. The maximum Gasteiger partial charge on any atom is 0.0762 e. The van der Waals surface area contributed by atoms with Crippen molar-refractivity contribution in [1.29, 1.82) is 0 Å². The standard InChI is InChI=1S/C15H17N3S/c1-11(16-10-13-7-8-18(2)17-13)15-9-12-5-3-4-6-14(12)19-15/h3-9,11,16H,10H2,1-2H3. The number of hydrogen-bond acceptors (Lipinski definition) is 3. The summed E-state index contributed by atoms with van der Waals surface area (Å²) in [5.74, 6) is 0. The molecule has 4 heteroatoms. The van der Waals surface area contributed by atoms with Crippen LogP contribution in [0.4, 0.5) is 0 Å². The molecule has 0 saturated heterocycles. The Morgan fingerprint density at radius 3 is 2.89 bits per heavy atom. The zero-order valence-corrected chi connectivity index (χ0v) is 11.9. The molecule has 0 aliphatic heterocycles. The molecule has 98 valence electrons. The van der Waals surface area contributed by atoms with Gasteiger partial charge >= 0.3 is 0 Å². The second-order valence-corrected chi connectivity index (χ2v) is 5.89. The van der Waals surface area contributed by atoms with Crippen LogP contribution in [-0.4, -0.2) is 9.78 Å². The van der Waals surface area contributed by atoms with Gasteiger partial charge < -0.3 is 5.32 Å². The summed E-state index contributed by atoms with van der Waals surface area (Å²) in [6, 6.07) is 13.2. The minimum absolute atomic E-state index is 0.347. The molecule has 1 atom stereocenters. The molecule has 1 unspecified atom stereocenters. The van der Waals surface area contributed by atoms with Gasteiger partial charge in [-0.2, -0.15) is 5.10 Å². The van der Waals surface area contributed by atoms with Gasteiger partial charge in [-0.25, -0.2) is 0 Å². The lowest BCUT2D eigenvalue weighted by Crippen LogP contribution is -2.17. The average molecular weight is 271 g/mol. The summed E-state index contributed by atoms with van der Waals surface area (Å²) in [6.45, 7) is 3.00. The first kappa shape index (κ1) is 12.4. The SMILES string of the molecule is CC(NCc1ccn(C)n1)c1cc2ccccc2s1. The van der Waals surface area contributed by atoms with Crippen molar-refractivity contribution in [3.63, 3.8) is 0 Å². The number of fused-ring (bicyclic) bond motifs is 1. The van der Waals surface area contributed by atoms with Crippen molar-refractivity contribution in [2.45, 2.75) is 19.5 Å². The lowest BCUT2D eigenvalue weighted by atomic mass is 10.2. The number of nitrogens with zero attached hydrogens (tertiary/aromatic N) is 2. The Bertz CT molecular complexity index is 650. The van der Waals surface area contributed by atoms with Gasteiger partial charge in [0.15, 0.2) is 0 Å². The molecule has 0 radical (unpaired) electrons. The molecular weight excluding hydrogens is 254 g/mol. The van der Waals surface area contributed by atoms with Gasteiger partial charge in [0.1, 0.15) is 0 Å². The van der Waals surface area contributed by atoms with Gasteiger partial charge in [-0.05, 0) is 30.5 Å². The Morgan fingerprint density at radius 1 is 1.32 bits per heavy atom. The molecule has 0 fully saturated rings. The van der Waals surface area contributed by atoms with Crippen molar-refractivity contribution in [2.75, 3.05) is 0 Å². The summed E-state index contributed by atoms with van der Waals surface area (Å²) >= 11 is 1.86. The van der Waals surface area contributed by atoms with Gasteiger partial charge in [0.25, 0.3) is 0 Å². The van der Waals surface area contributed by atoms with E-state index in [9.17, 15) is 0 Å². The largest absolute Gasteiger partial charge is 0.304 e. The molecule has 3 aromatic rings. The molecule has 0 aliphatic rings. The van der Waals surface area contributed by atoms with Crippen LogP contribution in [0.3, 0.4) is 0 Å². The molecule has 0 bridgehead atoms. The highest BCUT2D eigenvalue weighted by atomic mass is 32.1. The number of aryl methyl sites for hydroxylation is 1. The van der Waals surface area contributed by atoms with E-state index in [4.69, 9.17) is 0 Å². The van der Waals surface area contributed by atoms with Crippen LogP contribution in [0.15, 0.2) is 42.6 Å². The maximum atomic E-state index is 4.38. The number of benzene rings is 1. The van der Waals surface area contributed by atoms with Crippen molar-refractivity contribution in [3.8, 4) is 0 Å². The van der Waals surface area contributed by atoms with E-state index >= 15 is 0 Å². The summed E-state index contributed by atoms with van der Waals surface area (Å²) in [4.78, 5) is 1.37. The highest BCUT2D eigenvalue weighted by Crippen LogP contribution is 2.29. The van der Waals surface area contributed by atoms with Crippen LogP contribution >= 0.6 is 11.3 Å². The molecule has 3 rings (SSSR count). The van der Waals surface area contributed by atoms with Crippen LogP contribution in [0, 0.1) is 0 Å². The van der Waals surface area contributed by atoms with Crippen LogP contribution in [-0.2, 0) is 13.6 Å². The van der Waals surface area contributed by atoms with Crippen molar-refractivity contribution < 1.29 is 0 Å². The summed E-state index contributed by atoms with van der Waals surface area (Å²) < 4.78 is 3.19. The third-order valence-corrected chi connectivity index (χ3v) is 4.53. The van der Waals surface area contributed by atoms with E-state index < -0.39 is 0 Å². The predicted molar refractivity (Wildman–Crippen MR) is 80.3 cm³/mol. The van der Waals surface area contributed by atoms with Crippen LogP contribution in [0.25, 0.3) is 10.1 Å². The van der Waals surface area contributed by atoms with Crippen LogP contribution in [0.5, 0.6) is 0 Å². The molecule has 3 nitrogen and oxygen atoms in total. The lowest BCUT2D eigenvalue weighted by molar-refractivity contribution is 0.569. The third kappa shape index (κ3) is 2.69. The number of aromatic nitrogens is 2. The quantitative estimate of drug-likeness (QED) is 0.787. The predicted octanol–water partition coefficient (Wildman–Crippen LogP) is 3.49. The Kier molecular flexibility index (Phi) is 3.36. The molecule has 2 aromatic heterocycles. The van der Waals surface area contributed by atoms with Crippen molar-refractivity contribution in [1.82, 2.24) is 15.1 Å². The minimum atomic E-state index is 0.347. The third-order valence-electron chi connectivity index (χ3n) is 3.23. The summed E-state index contributed by atoms with van der Waals surface area (Å²) in [5, 5.41) is 9.23. The zero-order valence-electron chi connectivity index (χ0n) is 11.1. The monoisotopic (exact) mass is 271 g/mol. The van der Waals surface area contributed by atoms with Crippen molar-refractivity contribution in [2.24, 2.45) is 7.05 Å². The molecule has 0 aliphatic carbocycles. The Morgan fingerprint density at radius 2 is 2.16 bits per heavy atom. The highest BCUT2D eigenvalue weighted by molar-refractivity contribution is 7.19. The van der Waals surface area contributed by atoms with Gasteiger partial charge in [0.2, 0.25) is 0 Å². The van der Waals surface area contributed by atoms with Gasteiger partial charge in [0, 0.05) is 35.4 Å². The summed E-state index contributed by atoms with van der Waals surface area (Å²) in [7, 11) is 1.94. The topological polar surface area (TPSA) is 29.9 Å². The summed E-state index contributed by atoms with van der Waals surface area (Å²) in [5.41, 5.74) is 1.08. The van der Waals surface area contributed by atoms with Crippen molar-refractivity contribution in [3.05, 3.63) is 53.2 Å². The highest BCUT2D eigenvalue weighted by Gasteiger charge is 2.09. The molecular formula is C15H17N3S. The second-order valence-electron chi connectivity index (χ2n) is 4.77. The number of rotatable bonds is 4. The number of thiophene rings is 1. The van der Waals surface area contributed by atoms with Crippen LogP contribution in [0.2, 0.25) is 0 Å². The first-order chi connectivity index (χ1) is 9.22. The molecule has 0 spiro atoms. The van der Waals surface area contributed by atoms with E-state index in [1.807, 2.05) is 35.3 Å². The lowest BCUT2D eigenvalue weighted by Gasteiger charge is -2.10. The van der Waals surface area contributed by atoms with Gasteiger partial charge in [0.05, 0.1) is 5.69 Å². The molecule has 1 aromatic carbocycles. The van der Waals surface area contributed by atoms with Crippen LogP contribution in [0.1, 0.15) is 23.5 Å². The molecule has 0 amide bonds. The van der Waals surface area contributed by atoms with Gasteiger partial charge in [-0.1, -0.05) is 18.2 Å². The molecule has 0 saturated carbocycles. The van der Waals surface area contributed by atoms with Crippen LogP contribution < -0.4 is 5.32 Å². The fourth-order valence-corrected chi connectivity index (χ4v) is 3.22. The Hall–Kier alpha value is -1.65. The van der Waals surface area contributed by atoms with E-state index in [-0.39, 0.29) is 0 Å². The molecule has 1 N–H and O–H groups in total. The van der Waals surface area contributed by atoms with Gasteiger partial charge in [-0.3, -0.25) is 4.68 Å². The van der Waals surface area contributed by atoms with E-state index in [2.05, 4.69) is 47.7 Å². The number of nitrogens with one attached hydrogen (secondary N) is 1. The van der Waals surface area contributed by atoms with Gasteiger partial charge in [-0.15, -0.1) is 11.3 Å². The smallest absolute Gasteiger partial charge is 0.0762 e. The molecule has 2 heterocycles. The Balaban J connectivity index is 1.71. The average Bonchev–Trinajstić information content (AvgIpc) is 3.01. The minimum Gasteiger partial charge on any atom is -0.304 e.